The zero-order valence-corrected chi connectivity index (χ0v) is 15.3. The molecule has 0 radical (unpaired) electrons. The Balaban J connectivity index is 1.72. The second kappa shape index (κ2) is 8.28. The van der Waals surface area contributed by atoms with E-state index in [1.807, 2.05) is 41.8 Å². The summed E-state index contributed by atoms with van der Waals surface area (Å²) in [4.78, 5) is 19.3. The molecule has 0 aliphatic heterocycles. The fourth-order valence-corrected chi connectivity index (χ4v) is 3.69. The third-order valence-corrected chi connectivity index (χ3v) is 5.07. The summed E-state index contributed by atoms with van der Waals surface area (Å²) in [6, 6.07) is 7.91. The number of pyridine rings is 1. The van der Waals surface area contributed by atoms with Crippen molar-refractivity contribution in [2.24, 2.45) is 13.0 Å². The van der Waals surface area contributed by atoms with Crippen molar-refractivity contribution in [3.05, 3.63) is 47.5 Å². The van der Waals surface area contributed by atoms with Crippen LogP contribution in [0, 0.1) is 12.8 Å². The van der Waals surface area contributed by atoms with Gasteiger partial charge in [-0.05, 0) is 43.9 Å². The number of amides is 1. The molecule has 3 rings (SSSR count). The summed E-state index contributed by atoms with van der Waals surface area (Å²) in [6.45, 7) is 3.12. The van der Waals surface area contributed by atoms with Crippen molar-refractivity contribution in [2.75, 3.05) is 0 Å². The number of nitrogens with zero attached hydrogens (tertiary/aromatic N) is 4. The Bertz CT molecular complexity index is 689. The van der Waals surface area contributed by atoms with E-state index in [1.54, 1.807) is 6.20 Å². The van der Waals surface area contributed by atoms with Crippen LogP contribution in [0.25, 0.3) is 0 Å². The van der Waals surface area contributed by atoms with Crippen LogP contribution in [0.4, 0.5) is 0 Å². The third-order valence-electron chi connectivity index (χ3n) is 5.07. The normalized spacial score (nSPS) is 15.3. The number of rotatable bonds is 6. The van der Waals surface area contributed by atoms with E-state index in [0.29, 0.717) is 25.4 Å². The van der Waals surface area contributed by atoms with Gasteiger partial charge in [-0.2, -0.15) is 5.10 Å². The molecule has 0 saturated heterocycles. The van der Waals surface area contributed by atoms with Crippen molar-refractivity contribution in [2.45, 2.75) is 58.5 Å². The third kappa shape index (κ3) is 4.91. The van der Waals surface area contributed by atoms with Gasteiger partial charge in [0.25, 0.3) is 0 Å². The molecular formula is C20H28N4O. The van der Waals surface area contributed by atoms with Gasteiger partial charge in [-0.1, -0.05) is 25.3 Å². The largest absolute Gasteiger partial charge is 0.331 e. The van der Waals surface area contributed by atoms with Crippen LogP contribution in [0.3, 0.4) is 0 Å². The Morgan fingerprint density at radius 2 is 2.04 bits per heavy atom. The van der Waals surface area contributed by atoms with Crippen LogP contribution in [0.5, 0.6) is 0 Å². The minimum Gasteiger partial charge on any atom is -0.331 e. The van der Waals surface area contributed by atoms with Gasteiger partial charge in [0.1, 0.15) is 0 Å². The molecule has 5 nitrogen and oxygen atoms in total. The number of carbonyl (C=O) groups excluding carboxylic acids is 1. The smallest absolute Gasteiger partial charge is 0.223 e. The molecule has 1 aliphatic rings. The van der Waals surface area contributed by atoms with Crippen molar-refractivity contribution in [1.29, 1.82) is 0 Å². The monoisotopic (exact) mass is 340 g/mol. The lowest BCUT2D eigenvalue weighted by Crippen LogP contribution is -2.32. The van der Waals surface area contributed by atoms with Crippen molar-refractivity contribution in [3.8, 4) is 0 Å². The molecule has 1 amide bonds. The minimum atomic E-state index is 0.233. The standard InChI is InChI=1S/C20H28N4O/c1-16-12-19(23(2)22-16)15-24(14-18-10-6-7-11-21-18)20(25)13-17-8-4-3-5-9-17/h6-7,10-12,17H,3-5,8-9,13-15H2,1-2H3. The van der Waals surface area contributed by atoms with Gasteiger partial charge in [-0.3, -0.25) is 14.5 Å². The molecule has 1 saturated carbocycles. The molecule has 0 spiro atoms. The van der Waals surface area contributed by atoms with Crippen molar-refractivity contribution >= 4 is 5.91 Å². The van der Waals surface area contributed by atoms with Gasteiger partial charge in [-0.25, -0.2) is 0 Å². The molecule has 2 heterocycles. The molecule has 2 aromatic rings. The molecule has 5 heteroatoms. The van der Waals surface area contributed by atoms with Crippen LogP contribution in [-0.4, -0.2) is 25.6 Å². The maximum atomic E-state index is 13.0. The lowest BCUT2D eigenvalue weighted by atomic mass is 9.86. The van der Waals surface area contributed by atoms with E-state index in [9.17, 15) is 4.79 Å². The molecule has 134 valence electrons. The zero-order chi connectivity index (χ0) is 17.6. The van der Waals surface area contributed by atoms with Crippen LogP contribution in [0.2, 0.25) is 0 Å². The highest BCUT2D eigenvalue weighted by molar-refractivity contribution is 5.76. The van der Waals surface area contributed by atoms with E-state index < -0.39 is 0 Å². The maximum absolute atomic E-state index is 13.0. The summed E-state index contributed by atoms with van der Waals surface area (Å²) in [5, 5.41) is 4.41. The Hall–Kier alpha value is -2.17. The highest BCUT2D eigenvalue weighted by atomic mass is 16.2. The molecule has 25 heavy (non-hydrogen) atoms. The van der Waals surface area contributed by atoms with E-state index >= 15 is 0 Å². The second-order valence-electron chi connectivity index (χ2n) is 7.18. The predicted octanol–water partition coefficient (Wildman–Crippen LogP) is 3.62. The average molecular weight is 340 g/mol. The predicted molar refractivity (Wildman–Crippen MR) is 97.6 cm³/mol. The van der Waals surface area contributed by atoms with Crippen LogP contribution in [0.15, 0.2) is 30.5 Å². The van der Waals surface area contributed by atoms with Crippen molar-refractivity contribution < 1.29 is 4.79 Å². The summed E-state index contributed by atoms with van der Waals surface area (Å²) in [6.07, 6.45) is 8.66. The molecular weight excluding hydrogens is 312 g/mol. The summed E-state index contributed by atoms with van der Waals surface area (Å²) >= 11 is 0. The molecule has 0 N–H and O–H groups in total. The number of carbonyl (C=O) groups is 1. The molecule has 0 aromatic carbocycles. The van der Waals surface area contributed by atoms with E-state index in [0.717, 1.165) is 17.1 Å². The van der Waals surface area contributed by atoms with Crippen LogP contribution >= 0.6 is 0 Å². The minimum absolute atomic E-state index is 0.233. The van der Waals surface area contributed by atoms with E-state index in [4.69, 9.17) is 0 Å². The molecule has 0 atom stereocenters. The first-order chi connectivity index (χ1) is 12.1. The second-order valence-corrected chi connectivity index (χ2v) is 7.18. The first kappa shape index (κ1) is 17.6. The maximum Gasteiger partial charge on any atom is 0.223 e. The van der Waals surface area contributed by atoms with Gasteiger partial charge in [0.2, 0.25) is 5.91 Å². The van der Waals surface area contributed by atoms with Crippen LogP contribution in [-0.2, 0) is 24.9 Å². The number of aryl methyl sites for hydroxylation is 2. The highest BCUT2D eigenvalue weighted by Crippen LogP contribution is 2.27. The van der Waals surface area contributed by atoms with E-state index in [2.05, 4.69) is 16.1 Å². The molecule has 0 unspecified atom stereocenters. The summed E-state index contributed by atoms with van der Waals surface area (Å²) in [5.74, 6) is 0.775. The van der Waals surface area contributed by atoms with Gasteiger partial charge in [0.15, 0.2) is 0 Å². The zero-order valence-electron chi connectivity index (χ0n) is 15.3. The topological polar surface area (TPSA) is 51.0 Å². The lowest BCUT2D eigenvalue weighted by Gasteiger charge is -2.27. The fourth-order valence-electron chi connectivity index (χ4n) is 3.69. The van der Waals surface area contributed by atoms with Gasteiger partial charge in [0.05, 0.1) is 30.2 Å². The number of aromatic nitrogens is 3. The van der Waals surface area contributed by atoms with Gasteiger partial charge >= 0.3 is 0 Å². The van der Waals surface area contributed by atoms with Gasteiger partial charge < -0.3 is 4.90 Å². The Kier molecular flexibility index (Phi) is 5.84. The molecule has 1 fully saturated rings. The first-order valence-electron chi connectivity index (χ1n) is 9.29. The molecule has 1 aliphatic carbocycles. The number of hydrogen-bond acceptors (Lipinski definition) is 3. The quantitative estimate of drug-likeness (QED) is 0.807. The number of hydrogen-bond donors (Lipinski definition) is 0. The van der Waals surface area contributed by atoms with Gasteiger partial charge in [-0.15, -0.1) is 0 Å². The van der Waals surface area contributed by atoms with Crippen LogP contribution < -0.4 is 0 Å². The summed E-state index contributed by atoms with van der Waals surface area (Å²) < 4.78 is 1.87. The average Bonchev–Trinajstić information content (AvgIpc) is 2.93. The SMILES string of the molecule is Cc1cc(CN(Cc2ccccn2)C(=O)CC2CCCCC2)n(C)n1. The fraction of sp³-hybridized carbons (Fsp3) is 0.550. The van der Waals surface area contributed by atoms with E-state index in [-0.39, 0.29) is 5.91 Å². The van der Waals surface area contributed by atoms with E-state index in [1.165, 1.54) is 32.1 Å². The van der Waals surface area contributed by atoms with Crippen LogP contribution in [0.1, 0.15) is 55.6 Å². The summed E-state index contributed by atoms with van der Waals surface area (Å²) in [7, 11) is 1.94. The Morgan fingerprint density at radius 3 is 2.68 bits per heavy atom. The van der Waals surface area contributed by atoms with Crippen molar-refractivity contribution in [1.82, 2.24) is 19.7 Å². The summed E-state index contributed by atoms with van der Waals surface area (Å²) in [5.41, 5.74) is 2.97. The van der Waals surface area contributed by atoms with Gasteiger partial charge in [0, 0.05) is 19.7 Å². The highest BCUT2D eigenvalue weighted by Gasteiger charge is 2.22. The molecule has 0 bridgehead atoms. The molecule has 2 aromatic heterocycles. The lowest BCUT2D eigenvalue weighted by molar-refractivity contribution is -0.133. The first-order valence-corrected chi connectivity index (χ1v) is 9.29. The Labute approximate surface area is 150 Å². The Morgan fingerprint density at radius 1 is 1.24 bits per heavy atom. The van der Waals surface area contributed by atoms with Crippen molar-refractivity contribution in [3.63, 3.8) is 0 Å².